The molecule has 0 radical (unpaired) electrons. The first-order chi connectivity index (χ1) is 8.70. The maximum absolute atomic E-state index is 6.12. The van der Waals surface area contributed by atoms with Crippen molar-refractivity contribution in [1.29, 1.82) is 0 Å². The minimum absolute atomic E-state index is 0.00147. The van der Waals surface area contributed by atoms with Crippen molar-refractivity contribution in [1.82, 2.24) is 15.5 Å². The Morgan fingerprint density at radius 3 is 2.83 bits per heavy atom. The molecule has 6 heteroatoms. The minimum atomic E-state index is 0.00147. The molecule has 0 saturated heterocycles. The van der Waals surface area contributed by atoms with E-state index in [-0.39, 0.29) is 6.04 Å². The van der Waals surface area contributed by atoms with Crippen LogP contribution in [0.4, 0.5) is 6.01 Å². The van der Waals surface area contributed by atoms with Crippen LogP contribution in [0.3, 0.4) is 0 Å². The molecule has 1 heterocycles. The van der Waals surface area contributed by atoms with E-state index in [9.17, 15) is 0 Å². The molecule has 5 nitrogen and oxygen atoms in total. The summed E-state index contributed by atoms with van der Waals surface area (Å²) < 4.78 is 5.42. The van der Waals surface area contributed by atoms with Gasteiger partial charge < -0.3 is 15.1 Å². The molecule has 0 fully saturated rings. The Morgan fingerprint density at radius 1 is 1.33 bits per heavy atom. The molecule has 2 aromatic rings. The fraction of sp³-hybridized carbons (Fsp3) is 0.333. The zero-order chi connectivity index (χ0) is 13.0. The standard InChI is InChI=1S/C12H15ClN4O/c1-8(9-5-3-4-6-10(9)13)15-12-17-16-11(18-12)7-14-2/h3-6,8,14H,7H2,1-2H3,(H,15,17). The molecule has 0 bridgehead atoms. The Morgan fingerprint density at radius 2 is 2.11 bits per heavy atom. The average molecular weight is 267 g/mol. The van der Waals surface area contributed by atoms with Crippen LogP contribution in [0.25, 0.3) is 0 Å². The van der Waals surface area contributed by atoms with Crippen LogP contribution in [0, 0.1) is 0 Å². The number of hydrogen-bond donors (Lipinski definition) is 2. The smallest absolute Gasteiger partial charge is 0.315 e. The van der Waals surface area contributed by atoms with Gasteiger partial charge in [0.15, 0.2) is 0 Å². The summed E-state index contributed by atoms with van der Waals surface area (Å²) in [4.78, 5) is 0. The van der Waals surface area contributed by atoms with Crippen LogP contribution in [0.15, 0.2) is 28.7 Å². The van der Waals surface area contributed by atoms with Crippen LogP contribution < -0.4 is 10.6 Å². The fourth-order valence-corrected chi connectivity index (χ4v) is 1.92. The normalized spacial score (nSPS) is 12.4. The summed E-state index contributed by atoms with van der Waals surface area (Å²) in [5, 5.41) is 14.6. The monoisotopic (exact) mass is 266 g/mol. The highest BCUT2D eigenvalue weighted by molar-refractivity contribution is 6.31. The molecule has 0 aliphatic carbocycles. The van der Waals surface area contributed by atoms with Gasteiger partial charge in [-0.15, -0.1) is 5.10 Å². The molecule has 1 aromatic carbocycles. The lowest BCUT2D eigenvalue weighted by Crippen LogP contribution is -2.07. The van der Waals surface area contributed by atoms with Gasteiger partial charge in [-0.05, 0) is 25.6 Å². The topological polar surface area (TPSA) is 63.0 Å². The van der Waals surface area contributed by atoms with Gasteiger partial charge in [-0.1, -0.05) is 34.9 Å². The number of anilines is 1. The van der Waals surface area contributed by atoms with Gasteiger partial charge in [-0.2, -0.15) is 0 Å². The van der Waals surface area contributed by atoms with Crippen molar-refractivity contribution >= 4 is 17.6 Å². The van der Waals surface area contributed by atoms with Gasteiger partial charge in [0.25, 0.3) is 0 Å². The maximum atomic E-state index is 6.12. The van der Waals surface area contributed by atoms with Crippen molar-refractivity contribution in [2.45, 2.75) is 19.5 Å². The lowest BCUT2D eigenvalue weighted by Gasteiger charge is -2.13. The van der Waals surface area contributed by atoms with Gasteiger partial charge in [0, 0.05) is 5.02 Å². The van der Waals surface area contributed by atoms with Crippen LogP contribution >= 0.6 is 11.6 Å². The van der Waals surface area contributed by atoms with E-state index >= 15 is 0 Å². The lowest BCUT2D eigenvalue weighted by molar-refractivity contribution is 0.486. The highest BCUT2D eigenvalue weighted by atomic mass is 35.5. The quantitative estimate of drug-likeness (QED) is 0.871. The molecule has 1 unspecified atom stereocenters. The van der Waals surface area contributed by atoms with Crippen LogP contribution in [-0.4, -0.2) is 17.2 Å². The first kappa shape index (κ1) is 12.9. The van der Waals surface area contributed by atoms with E-state index in [4.69, 9.17) is 16.0 Å². The third-order valence-electron chi connectivity index (χ3n) is 2.51. The van der Waals surface area contributed by atoms with Crippen molar-refractivity contribution in [3.63, 3.8) is 0 Å². The Bertz CT molecular complexity index is 514. The van der Waals surface area contributed by atoms with Crippen molar-refractivity contribution in [3.8, 4) is 0 Å². The molecule has 0 amide bonds. The first-order valence-electron chi connectivity index (χ1n) is 5.68. The van der Waals surface area contributed by atoms with Gasteiger partial charge >= 0.3 is 6.01 Å². The van der Waals surface area contributed by atoms with E-state index in [1.807, 2.05) is 38.2 Å². The number of rotatable bonds is 5. The molecule has 2 rings (SSSR count). The van der Waals surface area contributed by atoms with Crippen molar-refractivity contribution in [2.75, 3.05) is 12.4 Å². The van der Waals surface area contributed by atoms with E-state index in [1.54, 1.807) is 0 Å². The van der Waals surface area contributed by atoms with E-state index in [0.29, 0.717) is 23.5 Å². The zero-order valence-corrected chi connectivity index (χ0v) is 11.0. The number of nitrogens with zero attached hydrogens (tertiary/aromatic N) is 2. The van der Waals surface area contributed by atoms with Gasteiger partial charge in [-0.3, -0.25) is 0 Å². The van der Waals surface area contributed by atoms with Crippen LogP contribution in [-0.2, 0) is 6.54 Å². The minimum Gasteiger partial charge on any atom is -0.407 e. The van der Waals surface area contributed by atoms with E-state index < -0.39 is 0 Å². The molecule has 0 saturated carbocycles. The number of hydrogen-bond acceptors (Lipinski definition) is 5. The van der Waals surface area contributed by atoms with Gasteiger partial charge in [-0.25, -0.2) is 0 Å². The third-order valence-corrected chi connectivity index (χ3v) is 2.85. The lowest BCUT2D eigenvalue weighted by atomic mass is 10.1. The fourth-order valence-electron chi connectivity index (χ4n) is 1.62. The predicted molar refractivity (Wildman–Crippen MR) is 70.6 cm³/mol. The Kier molecular flexibility index (Phi) is 4.17. The molecule has 96 valence electrons. The van der Waals surface area contributed by atoms with E-state index in [0.717, 1.165) is 5.56 Å². The molecule has 18 heavy (non-hydrogen) atoms. The van der Waals surface area contributed by atoms with Crippen LogP contribution in [0.5, 0.6) is 0 Å². The van der Waals surface area contributed by atoms with Gasteiger partial charge in [0.2, 0.25) is 5.89 Å². The molecule has 0 aliphatic heterocycles. The third kappa shape index (κ3) is 3.00. The highest BCUT2D eigenvalue weighted by Gasteiger charge is 2.12. The van der Waals surface area contributed by atoms with Crippen LogP contribution in [0.1, 0.15) is 24.4 Å². The Hall–Kier alpha value is -1.59. The molecule has 0 aliphatic rings. The zero-order valence-electron chi connectivity index (χ0n) is 10.3. The maximum Gasteiger partial charge on any atom is 0.315 e. The highest BCUT2D eigenvalue weighted by Crippen LogP contribution is 2.25. The Labute approximate surface area is 111 Å². The second-order valence-corrected chi connectivity index (χ2v) is 4.33. The summed E-state index contributed by atoms with van der Waals surface area (Å²) in [6, 6.07) is 8.06. The molecule has 0 spiro atoms. The molecule has 1 aromatic heterocycles. The van der Waals surface area contributed by atoms with Crippen molar-refractivity contribution < 1.29 is 4.42 Å². The van der Waals surface area contributed by atoms with Crippen molar-refractivity contribution in [2.24, 2.45) is 0 Å². The molecular weight excluding hydrogens is 252 g/mol. The van der Waals surface area contributed by atoms with E-state index in [2.05, 4.69) is 20.8 Å². The summed E-state index contributed by atoms with van der Waals surface area (Å²) in [5.41, 5.74) is 0.993. The summed E-state index contributed by atoms with van der Waals surface area (Å²) >= 11 is 6.12. The first-order valence-corrected chi connectivity index (χ1v) is 6.06. The van der Waals surface area contributed by atoms with Gasteiger partial charge in [0.1, 0.15) is 0 Å². The second-order valence-electron chi connectivity index (χ2n) is 3.92. The van der Waals surface area contributed by atoms with E-state index in [1.165, 1.54) is 0 Å². The summed E-state index contributed by atoms with van der Waals surface area (Å²) in [6.45, 7) is 2.54. The number of nitrogens with one attached hydrogen (secondary N) is 2. The summed E-state index contributed by atoms with van der Waals surface area (Å²) in [5.74, 6) is 0.548. The van der Waals surface area contributed by atoms with Crippen LogP contribution in [0.2, 0.25) is 5.02 Å². The Balaban J connectivity index is 2.06. The largest absolute Gasteiger partial charge is 0.407 e. The summed E-state index contributed by atoms with van der Waals surface area (Å²) in [7, 11) is 1.82. The number of aromatic nitrogens is 2. The van der Waals surface area contributed by atoms with Crippen molar-refractivity contribution in [3.05, 3.63) is 40.7 Å². The predicted octanol–water partition coefficient (Wildman–Crippen LogP) is 2.62. The summed E-state index contributed by atoms with van der Waals surface area (Å²) in [6.07, 6.45) is 0. The van der Waals surface area contributed by atoms with Gasteiger partial charge in [0.05, 0.1) is 12.6 Å². The second kappa shape index (κ2) is 5.84. The average Bonchev–Trinajstić information content (AvgIpc) is 2.77. The number of benzene rings is 1. The number of halogens is 1. The molecule has 1 atom stereocenters. The molecule has 2 N–H and O–H groups in total. The molecular formula is C12H15ClN4O. The SMILES string of the molecule is CNCc1nnc(NC(C)c2ccccc2Cl)o1.